The van der Waals surface area contributed by atoms with Gasteiger partial charge >= 0.3 is 5.97 Å². The molecule has 10 heteroatoms. The third-order valence-electron chi connectivity index (χ3n) is 5.58. The predicted octanol–water partition coefficient (Wildman–Crippen LogP) is 1.59. The van der Waals surface area contributed by atoms with Gasteiger partial charge in [0.2, 0.25) is 6.23 Å². The Balaban J connectivity index is 1.54. The number of nitrogens with zero attached hydrogens (tertiary/aromatic N) is 2. The average Bonchev–Trinajstić information content (AvgIpc) is 3.31. The number of hydrogen-bond donors (Lipinski definition) is 4. The zero-order valence-electron chi connectivity index (χ0n) is 17.9. The van der Waals surface area contributed by atoms with Crippen molar-refractivity contribution in [3.63, 3.8) is 0 Å². The Kier molecular flexibility index (Phi) is 7.01. The molecule has 1 saturated heterocycles. The SMILES string of the molecule is C=C(c1ccccc1OCc1cccc(Cl)c1)n1cc[n+]([C@@H]2O[C@H](C(=O)O)[C@@H](O)[C@H](O)[C@H]2O)c1. The van der Waals surface area contributed by atoms with Crippen molar-refractivity contribution in [1.82, 2.24) is 4.57 Å². The quantitative estimate of drug-likeness (QED) is 0.373. The molecule has 5 atom stereocenters. The molecule has 0 aliphatic carbocycles. The highest BCUT2D eigenvalue weighted by molar-refractivity contribution is 6.30. The van der Waals surface area contributed by atoms with Crippen molar-refractivity contribution in [1.29, 1.82) is 0 Å². The van der Waals surface area contributed by atoms with Gasteiger partial charge in [0.25, 0.3) is 6.33 Å². The van der Waals surface area contributed by atoms with Gasteiger partial charge in [-0.05, 0) is 29.8 Å². The van der Waals surface area contributed by atoms with Crippen LogP contribution < -0.4 is 9.30 Å². The lowest BCUT2D eigenvalue weighted by Crippen LogP contribution is -2.63. The Bertz CT molecular complexity index is 1200. The summed E-state index contributed by atoms with van der Waals surface area (Å²) >= 11 is 6.04. The standard InChI is InChI=1S/C24H23ClN2O7/c1-14(17-7-2-3-8-18(17)33-12-15-5-4-6-16(25)11-15)26-9-10-27(13-26)23-21(30)19(28)20(29)22(34-23)24(31)32/h2-11,13,19-23,28-30H,1,12H2/p+1/t19-,20-,21+,22-,23+/m0/s1. The van der Waals surface area contributed by atoms with Crippen molar-refractivity contribution in [2.75, 3.05) is 0 Å². The Morgan fingerprint density at radius 2 is 1.88 bits per heavy atom. The number of rotatable bonds is 7. The van der Waals surface area contributed by atoms with Crippen LogP contribution in [0.5, 0.6) is 5.75 Å². The predicted molar refractivity (Wildman–Crippen MR) is 121 cm³/mol. The third-order valence-corrected chi connectivity index (χ3v) is 5.81. The van der Waals surface area contributed by atoms with Crippen LogP contribution in [0.1, 0.15) is 17.4 Å². The van der Waals surface area contributed by atoms with E-state index in [4.69, 9.17) is 21.1 Å². The lowest BCUT2D eigenvalue weighted by Gasteiger charge is -2.36. The van der Waals surface area contributed by atoms with E-state index >= 15 is 0 Å². The summed E-state index contributed by atoms with van der Waals surface area (Å²) in [5.74, 6) is -0.857. The van der Waals surface area contributed by atoms with Crippen LogP contribution >= 0.6 is 11.6 Å². The number of aliphatic carboxylic acids is 1. The molecule has 1 fully saturated rings. The second-order valence-electron chi connectivity index (χ2n) is 7.89. The average molecular weight is 488 g/mol. The van der Waals surface area contributed by atoms with Crippen molar-refractivity contribution in [3.8, 4) is 5.75 Å². The Hall–Kier alpha value is -3.21. The van der Waals surface area contributed by atoms with Gasteiger partial charge in [0, 0.05) is 5.02 Å². The van der Waals surface area contributed by atoms with Gasteiger partial charge in [0.15, 0.2) is 6.10 Å². The lowest BCUT2D eigenvalue weighted by molar-refractivity contribution is -0.776. The number of carboxylic acid groups (broad SMARTS) is 1. The number of aromatic nitrogens is 2. The summed E-state index contributed by atoms with van der Waals surface area (Å²) in [6, 6.07) is 14.7. The molecule has 1 aromatic heterocycles. The first-order valence-electron chi connectivity index (χ1n) is 10.4. The first-order chi connectivity index (χ1) is 16.3. The summed E-state index contributed by atoms with van der Waals surface area (Å²) in [6.07, 6.45) is -3.21. The zero-order chi connectivity index (χ0) is 24.4. The second kappa shape index (κ2) is 9.96. The summed E-state index contributed by atoms with van der Waals surface area (Å²) in [4.78, 5) is 11.4. The van der Waals surface area contributed by atoms with Crippen LogP contribution in [0.2, 0.25) is 5.02 Å². The minimum Gasteiger partial charge on any atom is -0.488 e. The number of benzene rings is 2. The van der Waals surface area contributed by atoms with Gasteiger partial charge < -0.3 is 29.9 Å². The first kappa shape index (κ1) is 23.9. The lowest BCUT2D eigenvalue weighted by atomic mass is 9.98. The molecular weight excluding hydrogens is 464 g/mol. The number of hydrogen-bond acceptors (Lipinski definition) is 6. The fraction of sp³-hybridized carbons (Fsp3) is 0.250. The molecule has 178 valence electrons. The van der Waals surface area contributed by atoms with E-state index in [2.05, 4.69) is 6.58 Å². The van der Waals surface area contributed by atoms with Gasteiger partial charge in [-0.1, -0.05) is 42.4 Å². The normalized spacial score (nSPS) is 24.5. The smallest absolute Gasteiger partial charge is 0.335 e. The summed E-state index contributed by atoms with van der Waals surface area (Å²) in [5.41, 5.74) is 2.15. The van der Waals surface area contributed by atoms with Crippen LogP contribution in [0.3, 0.4) is 0 Å². The maximum atomic E-state index is 11.4. The third kappa shape index (κ3) is 4.84. The van der Waals surface area contributed by atoms with Crippen molar-refractivity contribution in [2.24, 2.45) is 0 Å². The Labute approximate surface area is 200 Å². The zero-order valence-corrected chi connectivity index (χ0v) is 18.7. The number of imidazole rings is 1. The highest BCUT2D eigenvalue weighted by Crippen LogP contribution is 2.28. The monoisotopic (exact) mass is 487 g/mol. The number of carbonyl (C=O) groups is 1. The molecule has 0 saturated carbocycles. The molecule has 9 nitrogen and oxygen atoms in total. The van der Waals surface area contributed by atoms with E-state index in [-0.39, 0.29) is 0 Å². The minimum absolute atomic E-state index is 0.301. The fourth-order valence-corrected chi connectivity index (χ4v) is 3.96. The largest absolute Gasteiger partial charge is 0.488 e. The first-order valence-corrected chi connectivity index (χ1v) is 10.8. The van der Waals surface area contributed by atoms with E-state index in [1.807, 2.05) is 42.5 Å². The molecule has 4 N–H and O–H groups in total. The summed E-state index contributed by atoms with van der Waals surface area (Å²) in [6.45, 7) is 4.44. The van der Waals surface area contributed by atoms with Crippen molar-refractivity contribution >= 4 is 23.3 Å². The Morgan fingerprint density at radius 3 is 2.62 bits per heavy atom. The molecule has 1 aliphatic heterocycles. The second-order valence-corrected chi connectivity index (χ2v) is 8.32. The van der Waals surface area contributed by atoms with Crippen LogP contribution in [0.15, 0.2) is 73.8 Å². The topological polar surface area (TPSA) is 125 Å². The molecular formula is C24H24ClN2O7+. The van der Waals surface area contributed by atoms with Crippen LogP contribution in [-0.4, -0.2) is 55.4 Å². The van der Waals surface area contributed by atoms with E-state index in [0.29, 0.717) is 28.6 Å². The van der Waals surface area contributed by atoms with Gasteiger partial charge in [0.05, 0.1) is 5.56 Å². The van der Waals surface area contributed by atoms with Crippen LogP contribution in [0, 0.1) is 0 Å². The van der Waals surface area contributed by atoms with E-state index in [1.165, 1.54) is 17.1 Å². The number of para-hydroxylation sites is 1. The van der Waals surface area contributed by atoms with E-state index in [1.54, 1.807) is 16.8 Å². The number of carboxylic acids is 1. The maximum Gasteiger partial charge on any atom is 0.335 e. The van der Waals surface area contributed by atoms with E-state index in [9.17, 15) is 25.2 Å². The van der Waals surface area contributed by atoms with Crippen LogP contribution in [-0.2, 0) is 16.1 Å². The van der Waals surface area contributed by atoms with Crippen LogP contribution in [0.4, 0.5) is 0 Å². The molecule has 0 amide bonds. The van der Waals surface area contributed by atoms with Gasteiger partial charge in [-0.25, -0.2) is 13.9 Å². The molecule has 4 rings (SSSR count). The van der Waals surface area contributed by atoms with Gasteiger partial charge in [0.1, 0.15) is 48.8 Å². The highest BCUT2D eigenvalue weighted by atomic mass is 35.5. The molecule has 3 aromatic rings. The molecule has 0 spiro atoms. The molecule has 34 heavy (non-hydrogen) atoms. The minimum atomic E-state index is -1.76. The van der Waals surface area contributed by atoms with E-state index in [0.717, 1.165) is 5.56 Å². The molecule has 1 aliphatic rings. The molecule has 0 radical (unpaired) electrons. The number of halogens is 1. The number of aliphatic hydroxyl groups is 3. The van der Waals surface area contributed by atoms with Crippen molar-refractivity contribution in [2.45, 2.75) is 37.3 Å². The summed E-state index contributed by atoms with van der Waals surface area (Å²) in [5, 5.41) is 40.2. The number of aliphatic hydroxyl groups excluding tert-OH is 3. The van der Waals surface area contributed by atoms with Crippen molar-refractivity contribution in [3.05, 3.63) is 90.0 Å². The van der Waals surface area contributed by atoms with Crippen molar-refractivity contribution < 1.29 is 39.3 Å². The summed E-state index contributed by atoms with van der Waals surface area (Å²) in [7, 11) is 0. The molecule has 2 aromatic carbocycles. The molecule has 0 bridgehead atoms. The van der Waals surface area contributed by atoms with Crippen LogP contribution in [0.25, 0.3) is 5.70 Å². The Morgan fingerprint density at radius 1 is 1.12 bits per heavy atom. The van der Waals surface area contributed by atoms with Gasteiger partial charge in [-0.15, -0.1) is 0 Å². The van der Waals surface area contributed by atoms with E-state index < -0.39 is 36.6 Å². The maximum absolute atomic E-state index is 11.4. The molecule has 2 heterocycles. The highest BCUT2D eigenvalue weighted by Gasteiger charge is 2.49. The number of ether oxygens (including phenoxy) is 2. The fourth-order valence-electron chi connectivity index (χ4n) is 3.75. The van der Waals surface area contributed by atoms with Gasteiger partial charge in [-0.3, -0.25) is 0 Å². The summed E-state index contributed by atoms with van der Waals surface area (Å²) < 4.78 is 14.4. The molecule has 0 unspecified atom stereocenters. The van der Waals surface area contributed by atoms with Gasteiger partial charge in [-0.2, -0.15) is 0 Å².